The Kier molecular flexibility index (Phi) is 3.33. The molecule has 2 heteroatoms. The molecule has 0 spiro atoms. The molecule has 2 nitrogen and oxygen atoms in total. The number of hydrogen-bond donors (Lipinski definition) is 0. The average molecular weight is 180 g/mol. The third-order valence-corrected chi connectivity index (χ3v) is 2.66. The number of nitrogens with zero attached hydrogens (tertiary/aromatic N) is 2. The van der Waals surface area contributed by atoms with Gasteiger partial charge in [-0.1, -0.05) is 20.8 Å². The normalized spacial score (nSPS) is 24.6. The van der Waals surface area contributed by atoms with Crippen LogP contribution in [0.15, 0.2) is 0 Å². The molecule has 1 unspecified atom stereocenters. The van der Waals surface area contributed by atoms with E-state index in [2.05, 4.69) is 31.7 Å². The lowest BCUT2D eigenvalue weighted by molar-refractivity contribution is 0.240. The highest BCUT2D eigenvalue weighted by Gasteiger charge is 2.24. The topological polar surface area (TPSA) is 27.0 Å². The van der Waals surface area contributed by atoms with Crippen molar-refractivity contribution in [1.82, 2.24) is 4.90 Å². The van der Waals surface area contributed by atoms with Crippen molar-refractivity contribution in [3.63, 3.8) is 0 Å². The van der Waals surface area contributed by atoms with Crippen molar-refractivity contribution >= 4 is 0 Å². The lowest BCUT2D eigenvalue weighted by atomic mass is 9.92. The fourth-order valence-corrected chi connectivity index (χ4v) is 1.72. The molecular formula is C11H20N2. The van der Waals surface area contributed by atoms with Gasteiger partial charge in [-0.25, -0.2) is 0 Å². The molecule has 0 radical (unpaired) electrons. The van der Waals surface area contributed by atoms with Gasteiger partial charge in [0.05, 0.1) is 12.1 Å². The second-order valence-electron chi connectivity index (χ2n) is 5.13. The minimum Gasteiger partial charge on any atom is -0.288 e. The van der Waals surface area contributed by atoms with Gasteiger partial charge in [0.2, 0.25) is 0 Å². The molecule has 1 rings (SSSR count). The van der Waals surface area contributed by atoms with Gasteiger partial charge < -0.3 is 0 Å². The summed E-state index contributed by atoms with van der Waals surface area (Å²) < 4.78 is 0. The molecule has 0 aliphatic carbocycles. The molecule has 1 heterocycles. The number of nitriles is 1. The highest BCUT2D eigenvalue weighted by Crippen LogP contribution is 2.22. The van der Waals surface area contributed by atoms with Crippen LogP contribution in [-0.2, 0) is 0 Å². The van der Waals surface area contributed by atoms with Crippen molar-refractivity contribution in [2.24, 2.45) is 5.41 Å². The molecule has 1 saturated heterocycles. The SMILES string of the molecule is CC(C)(C)CCN1CCCC1C#N. The van der Waals surface area contributed by atoms with Crippen LogP contribution in [0, 0.1) is 16.7 Å². The molecule has 0 aromatic rings. The molecule has 0 amide bonds. The van der Waals surface area contributed by atoms with Crippen molar-refractivity contribution in [2.75, 3.05) is 13.1 Å². The zero-order valence-corrected chi connectivity index (χ0v) is 9.01. The average Bonchev–Trinajstić information content (AvgIpc) is 2.46. The molecule has 1 aliphatic heterocycles. The molecule has 1 aliphatic rings. The van der Waals surface area contributed by atoms with Gasteiger partial charge in [0, 0.05) is 0 Å². The lowest BCUT2D eigenvalue weighted by Gasteiger charge is -2.24. The summed E-state index contributed by atoms with van der Waals surface area (Å²) in [4.78, 5) is 2.32. The van der Waals surface area contributed by atoms with Crippen molar-refractivity contribution in [2.45, 2.75) is 46.1 Å². The number of likely N-dealkylation sites (tertiary alicyclic amines) is 1. The van der Waals surface area contributed by atoms with Crippen molar-refractivity contribution in [3.8, 4) is 6.07 Å². The van der Waals surface area contributed by atoms with Crippen LogP contribution in [0.4, 0.5) is 0 Å². The Bertz CT molecular complexity index is 197. The Balaban J connectivity index is 2.33. The Labute approximate surface area is 81.5 Å². The van der Waals surface area contributed by atoms with Crippen LogP contribution in [0.3, 0.4) is 0 Å². The summed E-state index contributed by atoms with van der Waals surface area (Å²) in [5.74, 6) is 0. The van der Waals surface area contributed by atoms with Crippen molar-refractivity contribution < 1.29 is 0 Å². The smallest absolute Gasteiger partial charge is 0.0978 e. The van der Waals surface area contributed by atoms with E-state index < -0.39 is 0 Å². The van der Waals surface area contributed by atoms with E-state index in [1.807, 2.05) is 0 Å². The fourth-order valence-electron chi connectivity index (χ4n) is 1.72. The zero-order chi connectivity index (χ0) is 9.90. The summed E-state index contributed by atoms with van der Waals surface area (Å²) in [5, 5.41) is 8.87. The van der Waals surface area contributed by atoms with E-state index in [-0.39, 0.29) is 6.04 Å². The molecule has 0 saturated carbocycles. The minimum absolute atomic E-state index is 0.197. The third kappa shape index (κ3) is 3.36. The first-order valence-corrected chi connectivity index (χ1v) is 5.16. The first kappa shape index (κ1) is 10.5. The quantitative estimate of drug-likeness (QED) is 0.652. The predicted octanol–water partition coefficient (Wildman–Crippen LogP) is 2.41. The molecule has 0 aromatic heterocycles. The van der Waals surface area contributed by atoms with E-state index in [1.54, 1.807) is 0 Å². The molecule has 0 N–H and O–H groups in total. The van der Waals surface area contributed by atoms with Gasteiger partial charge >= 0.3 is 0 Å². The Hall–Kier alpha value is -0.550. The second kappa shape index (κ2) is 4.11. The Morgan fingerprint density at radius 1 is 1.46 bits per heavy atom. The molecular weight excluding hydrogens is 160 g/mol. The van der Waals surface area contributed by atoms with Gasteiger partial charge in [-0.05, 0) is 37.8 Å². The molecule has 1 atom stereocenters. The Morgan fingerprint density at radius 2 is 2.15 bits per heavy atom. The molecule has 13 heavy (non-hydrogen) atoms. The van der Waals surface area contributed by atoms with Crippen LogP contribution in [0.1, 0.15) is 40.0 Å². The highest BCUT2D eigenvalue weighted by atomic mass is 15.2. The van der Waals surface area contributed by atoms with Crippen LogP contribution in [0.2, 0.25) is 0 Å². The van der Waals surface area contributed by atoms with Gasteiger partial charge in [0.1, 0.15) is 0 Å². The number of rotatable bonds is 2. The number of hydrogen-bond acceptors (Lipinski definition) is 2. The molecule has 0 bridgehead atoms. The third-order valence-electron chi connectivity index (χ3n) is 2.66. The highest BCUT2D eigenvalue weighted by molar-refractivity contribution is 4.95. The van der Waals surface area contributed by atoms with Gasteiger partial charge in [-0.2, -0.15) is 5.26 Å². The summed E-state index contributed by atoms with van der Waals surface area (Å²) >= 11 is 0. The van der Waals surface area contributed by atoms with Crippen LogP contribution in [0.5, 0.6) is 0 Å². The van der Waals surface area contributed by atoms with Crippen LogP contribution in [-0.4, -0.2) is 24.0 Å². The van der Waals surface area contributed by atoms with Crippen molar-refractivity contribution in [3.05, 3.63) is 0 Å². The van der Waals surface area contributed by atoms with Crippen LogP contribution < -0.4 is 0 Å². The lowest BCUT2D eigenvalue weighted by Crippen LogP contribution is -2.31. The monoisotopic (exact) mass is 180 g/mol. The maximum absolute atomic E-state index is 8.87. The van der Waals surface area contributed by atoms with Gasteiger partial charge in [0.25, 0.3) is 0 Å². The molecule has 0 aromatic carbocycles. The summed E-state index contributed by atoms with van der Waals surface area (Å²) in [6.07, 6.45) is 3.45. The van der Waals surface area contributed by atoms with Crippen molar-refractivity contribution in [1.29, 1.82) is 5.26 Å². The summed E-state index contributed by atoms with van der Waals surface area (Å²) in [6, 6.07) is 2.57. The zero-order valence-electron chi connectivity index (χ0n) is 9.01. The van der Waals surface area contributed by atoms with Gasteiger partial charge in [-0.3, -0.25) is 4.90 Å². The molecule has 1 fully saturated rings. The van der Waals surface area contributed by atoms with Gasteiger partial charge in [-0.15, -0.1) is 0 Å². The second-order valence-corrected chi connectivity index (χ2v) is 5.13. The largest absolute Gasteiger partial charge is 0.288 e. The maximum atomic E-state index is 8.87. The van der Waals surface area contributed by atoms with E-state index in [1.165, 1.54) is 12.8 Å². The van der Waals surface area contributed by atoms with E-state index in [0.717, 1.165) is 19.5 Å². The predicted molar refractivity (Wildman–Crippen MR) is 54.3 cm³/mol. The summed E-state index contributed by atoms with van der Waals surface area (Å²) in [5.41, 5.74) is 0.391. The Morgan fingerprint density at radius 3 is 2.69 bits per heavy atom. The molecule has 74 valence electrons. The first-order valence-electron chi connectivity index (χ1n) is 5.16. The standard InChI is InChI=1S/C11H20N2/c1-11(2,3)6-8-13-7-4-5-10(13)9-12/h10H,4-8H2,1-3H3. The fraction of sp³-hybridized carbons (Fsp3) is 0.909. The van der Waals surface area contributed by atoms with Crippen LogP contribution in [0.25, 0.3) is 0 Å². The maximum Gasteiger partial charge on any atom is 0.0978 e. The first-order chi connectivity index (χ1) is 6.03. The van der Waals surface area contributed by atoms with Crippen LogP contribution >= 0.6 is 0 Å². The van der Waals surface area contributed by atoms with E-state index in [0.29, 0.717) is 5.41 Å². The summed E-state index contributed by atoms with van der Waals surface area (Å²) in [7, 11) is 0. The van der Waals surface area contributed by atoms with E-state index in [4.69, 9.17) is 5.26 Å². The minimum atomic E-state index is 0.197. The van der Waals surface area contributed by atoms with Gasteiger partial charge in [0.15, 0.2) is 0 Å². The van der Waals surface area contributed by atoms with E-state index in [9.17, 15) is 0 Å². The van der Waals surface area contributed by atoms with E-state index >= 15 is 0 Å². The summed E-state index contributed by atoms with van der Waals surface area (Å²) in [6.45, 7) is 8.97.